The van der Waals surface area contributed by atoms with Gasteiger partial charge in [0.05, 0.1) is 0 Å². The molecule has 2 heteroatoms. The SMILES string of the molecule is CCN(CC(C)CCCC(C)N)C1CC1. The predicted octanol–water partition coefficient (Wildman–Crippen LogP) is 2.62. The second-order valence-corrected chi connectivity index (χ2v) is 5.33. The molecule has 0 aliphatic heterocycles. The minimum Gasteiger partial charge on any atom is -0.328 e. The summed E-state index contributed by atoms with van der Waals surface area (Å²) in [6.07, 6.45) is 6.67. The van der Waals surface area contributed by atoms with E-state index in [4.69, 9.17) is 5.73 Å². The summed E-state index contributed by atoms with van der Waals surface area (Å²) in [4.78, 5) is 2.65. The van der Waals surface area contributed by atoms with Crippen molar-refractivity contribution in [2.45, 2.75) is 65.0 Å². The Kier molecular flexibility index (Phi) is 5.62. The summed E-state index contributed by atoms with van der Waals surface area (Å²) >= 11 is 0. The van der Waals surface area contributed by atoms with Crippen LogP contribution < -0.4 is 5.73 Å². The fourth-order valence-electron chi connectivity index (χ4n) is 2.26. The fourth-order valence-corrected chi connectivity index (χ4v) is 2.26. The van der Waals surface area contributed by atoms with Crippen LogP contribution in [0.5, 0.6) is 0 Å². The van der Waals surface area contributed by atoms with Crippen LogP contribution in [-0.2, 0) is 0 Å². The van der Waals surface area contributed by atoms with E-state index >= 15 is 0 Å². The quantitative estimate of drug-likeness (QED) is 0.670. The van der Waals surface area contributed by atoms with Crippen LogP contribution in [0, 0.1) is 5.92 Å². The summed E-state index contributed by atoms with van der Waals surface area (Å²) in [6.45, 7) is 9.29. The molecule has 0 radical (unpaired) electrons. The van der Waals surface area contributed by atoms with Gasteiger partial charge in [-0.1, -0.05) is 20.3 Å². The van der Waals surface area contributed by atoms with Crippen LogP contribution in [0.3, 0.4) is 0 Å². The third kappa shape index (κ3) is 5.53. The lowest BCUT2D eigenvalue weighted by Crippen LogP contribution is -2.30. The molecule has 1 aliphatic rings. The second-order valence-electron chi connectivity index (χ2n) is 5.33. The monoisotopic (exact) mass is 212 g/mol. The molecule has 1 aliphatic carbocycles. The Bertz CT molecular complexity index is 164. The lowest BCUT2D eigenvalue weighted by atomic mass is 10.0. The van der Waals surface area contributed by atoms with Crippen molar-refractivity contribution < 1.29 is 0 Å². The normalized spacial score (nSPS) is 20.6. The Morgan fingerprint density at radius 2 is 1.93 bits per heavy atom. The highest BCUT2D eigenvalue weighted by atomic mass is 15.2. The van der Waals surface area contributed by atoms with Gasteiger partial charge in [-0.3, -0.25) is 0 Å². The van der Waals surface area contributed by atoms with Crippen LogP contribution in [0.4, 0.5) is 0 Å². The van der Waals surface area contributed by atoms with Crippen LogP contribution >= 0.6 is 0 Å². The van der Waals surface area contributed by atoms with Gasteiger partial charge in [-0.15, -0.1) is 0 Å². The second kappa shape index (κ2) is 6.49. The molecule has 0 saturated heterocycles. The molecule has 0 spiro atoms. The Hall–Kier alpha value is -0.0800. The molecule has 0 heterocycles. The first kappa shape index (κ1) is 13.0. The van der Waals surface area contributed by atoms with Crippen LogP contribution in [0.1, 0.15) is 52.9 Å². The average Bonchev–Trinajstić information content (AvgIpc) is 2.96. The molecule has 2 nitrogen and oxygen atoms in total. The fraction of sp³-hybridized carbons (Fsp3) is 1.00. The van der Waals surface area contributed by atoms with Crippen molar-refractivity contribution in [1.29, 1.82) is 0 Å². The van der Waals surface area contributed by atoms with Crippen molar-refractivity contribution in [3.63, 3.8) is 0 Å². The Morgan fingerprint density at radius 1 is 1.27 bits per heavy atom. The maximum absolute atomic E-state index is 5.75. The molecule has 0 bridgehead atoms. The average molecular weight is 212 g/mol. The molecular weight excluding hydrogens is 184 g/mol. The number of rotatable bonds is 8. The Labute approximate surface area is 95.2 Å². The van der Waals surface area contributed by atoms with Crippen LogP contribution in [0.15, 0.2) is 0 Å². The van der Waals surface area contributed by atoms with E-state index in [-0.39, 0.29) is 0 Å². The van der Waals surface area contributed by atoms with E-state index in [1.807, 2.05) is 0 Å². The molecule has 0 aromatic carbocycles. The van der Waals surface area contributed by atoms with Crippen molar-refractivity contribution >= 4 is 0 Å². The minimum atomic E-state index is 0.378. The number of nitrogens with two attached hydrogens (primary N) is 1. The first-order chi connectivity index (χ1) is 7.13. The van der Waals surface area contributed by atoms with Crippen molar-refractivity contribution in [3.8, 4) is 0 Å². The highest BCUT2D eigenvalue weighted by Crippen LogP contribution is 2.27. The third-order valence-electron chi connectivity index (χ3n) is 3.37. The minimum absolute atomic E-state index is 0.378. The van der Waals surface area contributed by atoms with Gasteiger partial charge in [0.15, 0.2) is 0 Å². The zero-order valence-electron chi connectivity index (χ0n) is 10.7. The molecule has 0 aromatic rings. The first-order valence-electron chi connectivity index (χ1n) is 6.63. The molecule has 1 fully saturated rings. The molecule has 15 heavy (non-hydrogen) atoms. The third-order valence-corrected chi connectivity index (χ3v) is 3.37. The van der Waals surface area contributed by atoms with Crippen molar-refractivity contribution in [2.24, 2.45) is 11.7 Å². The van der Waals surface area contributed by atoms with Gasteiger partial charge < -0.3 is 10.6 Å². The molecule has 1 rings (SSSR count). The molecule has 0 aromatic heterocycles. The molecule has 90 valence electrons. The topological polar surface area (TPSA) is 29.3 Å². The molecule has 2 unspecified atom stereocenters. The standard InChI is InChI=1S/C13H28N2/c1-4-15(13-8-9-13)10-11(2)6-5-7-12(3)14/h11-13H,4-10,14H2,1-3H3. The van der Waals surface area contributed by atoms with Gasteiger partial charge in [-0.05, 0) is 45.1 Å². The molecule has 2 atom stereocenters. The van der Waals surface area contributed by atoms with Gasteiger partial charge in [0.1, 0.15) is 0 Å². The van der Waals surface area contributed by atoms with E-state index in [1.165, 1.54) is 45.2 Å². The van der Waals surface area contributed by atoms with E-state index < -0.39 is 0 Å². The lowest BCUT2D eigenvalue weighted by Gasteiger charge is -2.24. The maximum atomic E-state index is 5.75. The molecule has 0 amide bonds. The van der Waals surface area contributed by atoms with Crippen LogP contribution in [-0.4, -0.2) is 30.1 Å². The first-order valence-corrected chi connectivity index (χ1v) is 6.63. The van der Waals surface area contributed by atoms with Gasteiger partial charge in [0.25, 0.3) is 0 Å². The van der Waals surface area contributed by atoms with Crippen LogP contribution in [0.2, 0.25) is 0 Å². The lowest BCUT2D eigenvalue weighted by molar-refractivity contribution is 0.231. The molecule has 2 N–H and O–H groups in total. The Balaban J connectivity index is 2.08. The predicted molar refractivity (Wildman–Crippen MR) is 66.9 cm³/mol. The highest BCUT2D eigenvalue weighted by molar-refractivity contribution is 4.84. The van der Waals surface area contributed by atoms with Crippen LogP contribution in [0.25, 0.3) is 0 Å². The van der Waals surface area contributed by atoms with E-state index in [2.05, 4.69) is 25.7 Å². The summed E-state index contributed by atoms with van der Waals surface area (Å²) in [5.74, 6) is 0.837. The number of hydrogen-bond donors (Lipinski definition) is 1. The summed E-state index contributed by atoms with van der Waals surface area (Å²) in [5.41, 5.74) is 5.75. The van der Waals surface area contributed by atoms with Crippen molar-refractivity contribution in [2.75, 3.05) is 13.1 Å². The van der Waals surface area contributed by atoms with Crippen molar-refractivity contribution in [3.05, 3.63) is 0 Å². The van der Waals surface area contributed by atoms with E-state index in [1.54, 1.807) is 0 Å². The largest absolute Gasteiger partial charge is 0.328 e. The summed E-state index contributed by atoms with van der Waals surface area (Å²) < 4.78 is 0. The van der Waals surface area contributed by atoms with Gasteiger partial charge in [-0.25, -0.2) is 0 Å². The highest BCUT2D eigenvalue weighted by Gasteiger charge is 2.28. The van der Waals surface area contributed by atoms with E-state index in [0.717, 1.165) is 12.0 Å². The van der Waals surface area contributed by atoms with Crippen molar-refractivity contribution in [1.82, 2.24) is 4.90 Å². The molecular formula is C13H28N2. The summed E-state index contributed by atoms with van der Waals surface area (Å²) in [7, 11) is 0. The summed E-state index contributed by atoms with van der Waals surface area (Å²) in [5, 5.41) is 0. The smallest absolute Gasteiger partial charge is 0.00964 e. The number of hydrogen-bond acceptors (Lipinski definition) is 2. The van der Waals surface area contributed by atoms with Gasteiger partial charge in [-0.2, -0.15) is 0 Å². The number of nitrogens with zero attached hydrogens (tertiary/aromatic N) is 1. The Morgan fingerprint density at radius 3 is 2.40 bits per heavy atom. The zero-order chi connectivity index (χ0) is 11.3. The van der Waals surface area contributed by atoms with E-state index in [0.29, 0.717) is 6.04 Å². The van der Waals surface area contributed by atoms with Gasteiger partial charge in [0, 0.05) is 18.6 Å². The van der Waals surface area contributed by atoms with Gasteiger partial charge >= 0.3 is 0 Å². The maximum Gasteiger partial charge on any atom is 0.00964 e. The summed E-state index contributed by atoms with van der Waals surface area (Å²) in [6, 6.07) is 1.30. The van der Waals surface area contributed by atoms with E-state index in [9.17, 15) is 0 Å². The van der Waals surface area contributed by atoms with Gasteiger partial charge in [0.2, 0.25) is 0 Å². The zero-order valence-corrected chi connectivity index (χ0v) is 10.7. The molecule has 1 saturated carbocycles.